The average Bonchev–Trinajstić information content (AvgIpc) is 3.13. The summed E-state index contributed by atoms with van der Waals surface area (Å²) in [4.78, 5) is 10.8. The number of aryl methyl sites for hydroxylation is 2. The van der Waals surface area contributed by atoms with Crippen molar-refractivity contribution in [3.05, 3.63) is 56.7 Å². The fraction of sp³-hybridized carbons (Fsp3) is 0.286. The zero-order valence-electron chi connectivity index (χ0n) is 16.9. The van der Waals surface area contributed by atoms with Crippen LogP contribution in [0.25, 0.3) is 21.8 Å². The van der Waals surface area contributed by atoms with E-state index in [0.29, 0.717) is 11.2 Å². The van der Waals surface area contributed by atoms with Gasteiger partial charge < -0.3 is 5.11 Å². The van der Waals surface area contributed by atoms with Crippen molar-refractivity contribution < 1.29 is 9.90 Å². The summed E-state index contributed by atoms with van der Waals surface area (Å²) in [5.74, 6) is 0. The Kier molecular flexibility index (Phi) is 5.87. The second-order valence-corrected chi connectivity index (χ2v) is 9.60. The van der Waals surface area contributed by atoms with Gasteiger partial charge in [0.1, 0.15) is 0 Å². The van der Waals surface area contributed by atoms with Crippen LogP contribution in [0, 0.1) is 13.8 Å². The van der Waals surface area contributed by atoms with Gasteiger partial charge in [-0.1, -0.05) is 31.9 Å². The summed E-state index contributed by atoms with van der Waals surface area (Å²) < 4.78 is 5.09. The molecular weight excluding hydrogens is 500 g/mol. The van der Waals surface area contributed by atoms with E-state index in [1.54, 1.807) is 19.1 Å². The van der Waals surface area contributed by atoms with Crippen molar-refractivity contribution in [3.8, 4) is 0 Å². The van der Waals surface area contributed by atoms with Gasteiger partial charge in [-0.05, 0) is 71.0 Å². The Hall–Kier alpha value is -2.19. The quantitative estimate of drug-likeness (QED) is 0.287. The van der Waals surface area contributed by atoms with Crippen LogP contribution in [-0.2, 0) is 5.54 Å². The summed E-state index contributed by atoms with van der Waals surface area (Å²) in [6.45, 7) is 10.3. The molecule has 4 aromatic rings. The Morgan fingerprint density at radius 3 is 1.90 bits per heavy atom. The predicted molar refractivity (Wildman–Crippen MR) is 123 cm³/mol. The molecule has 2 aromatic carbocycles. The first kappa shape index (κ1) is 21.5. The summed E-state index contributed by atoms with van der Waals surface area (Å²) in [6, 6.07) is 11.7. The maximum Gasteiger partial charge on any atom is 0.432 e. The van der Waals surface area contributed by atoms with Crippen molar-refractivity contribution in [2.75, 3.05) is 0 Å². The first-order valence-electron chi connectivity index (χ1n) is 9.02. The first-order chi connectivity index (χ1) is 13.5. The largest absolute Gasteiger partial charge is 0.463 e. The van der Waals surface area contributed by atoms with Crippen LogP contribution < -0.4 is 0 Å². The molecule has 0 saturated heterocycles. The molecular formula is C21H22Br2N4O2. The molecule has 0 aliphatic heterocycles. The van der Waals surface area contributed by atoms with Gasteiger partial charge in [-0.25, -0.2) is 4.79 Å². The number of hydrogen-bond acceptors (Lipinski definition) is 3. The van der Waals surface area contributed by atoms with Gasteiger partial charge in [0, 0.05) is 19.7 Å². The lowest BCUT2D eigenvalue weighted by Gasteiger charge is -2.20. The summed E-state index contributed by atoms with van der Waals surface area (Å²) in [5.41, 5.74) is 3.63. The normalized spacial score (nSPS) is 11.6. The highest BCUT2D eigenvalue weighted by molar-refractivity contribution is 9.10. The number of carboxylic acid groups (broad SMARTS) is 1. The molecule has 1 N–H and O–H groups in total. The maximum absolute atomic E-state index is 10.8. The topological polar surface area (TPSA) is 72.9 Å². The molecule has 0 spiro atoms. The summed E-state index contributed by atoms with van der Waals surface area (Å²) in [7, 11) is 0. The zero-order valence-corrected chi connectivity index (χ0v) is 20.0. The lowest BCUT2D eigenvalue weighted by atomic mass is 10.1. The van der Waals surface area contributed by atoms with E-state index >= 15 is 0 Å². The fourth-order valence-corrected chi connectivity index (χ4v) is 3.86. The van der Waals surface area contributed by atoms with Gasteiger partial charge in [-0.15, -0.1) is 0 Å². The molecule has 0 saturated carbocycles. The van der Waals surface area contributed by atoms with Gasteiger partial charge in [0.15, 0.2) is 0 Å². The number of nitrogens with zero attached hydrogens (tertiary/aromatic N) is 4. The third-order valence-corrected chi connectivity index (χ3v) is 5.46. The number of aromatic nitrogens is 4. The standard InChI is InChI=1S/C12H15BrN2.C9H7BrN2O2/c1-8-10-7-9(13)5-6-11(10)15(14-8)12(2,3)4;1-5-7-4-6(10)2-3-8(7)12(11-5)9(13)14/h5-7H,1-4H3;2-4H,1H3,(H,13,14). The van der Waals surface area contributed by atoms with E-state index < -0.39 is 6.09 Å². The lowest BCUT2D eigenvalue weighted by Crippen LogP contribution is -2.22. The summed E-state index contributed by atoms with van der Waals surface area (Å²) in [6.07, 6.45) is -1.06. The monoisotopic (exact) mass is 520 g/mol. The third-order valence-electron chi connectivity index (χ3n) is 4.47. The molecule has 4 rings (SSSR count). The maximum atomic E-state index is 10.8. The molecule has 0 aliphatic carbocycles. The van der Waals surface area contributed by atoms with Crippen LogP contribution in [0.5, 0.6) is 0 Å². The summed E-state index contributed by atoms with van der Waals surface area (Å²) in [5, 5.41) is 19.4. The lowest BCUT2D eigenvalue weighted by molar-refractivity contribution is 0.194. The number of benzene rings is 2. The van der Waals surface area contributed by atoms with E-state index in [0.717, 1.165) is 24.7 Å². The number of rotatable bonds is 0. The highest BCUT2D eigenvalue weighted by atomic mass is 79.9. The van der Waals surface area contributed by atoms with E-state index in [2.05, 4.69) is 92.6 Å². The molecule has 0 fully saturated rings. The second kappa shape index (κ2) is 7.91. The first-order valence-corrected chi connectivity index (χ1v) is 10.6. The van der Waals surface area contributed by atoms with Gasteiger partial charge >= 0.3 is 6.09 Å². The van der Waals surface area contributed by atoms with Crippen molar-refractivity contribution >= 4 is 59.8 Å². The molecule has 29 heavy (non-hydrogen) atoms. The van der Waals surface area contributed by atoms with Gasteiger partial charge in [0.05, 0.1) is 28.0 Å². The Balaban J connectivity index is 0.000000166. The van der Waals surface area contributed by atoms with E-state index in [1.807, 2.05) is 6.07 Å². The van der Waals surface area contributed by atoms with Gasteiger partial charge in [-0.2, -0.15) is 14.9 Å². The minimum atomic E-state index is -1.06. The third kappa shape index (κ3) is 4.38. The summed E-state index contributed by atoms with van der Waals surface area (Å²) >= 11 is 6.82. The average molecular weight is 522 g/mol. The Morgan fingerprint density at radius 1 is 0.897 bits per heavy atom. The highest BCUT2D eigenvalue weighted by Crippen LogP contribution is 2.27. The molecule has 6 nitrogen and oxygen atoms in total. The van der Waals surface area contributed by atoms with Gasteiger partial charge in [0.2, 0.25) is 0 Å². The van der Waals surface area contributed by atoms with E-state index in [4.69, 9.17) is 5.11 Å². The van der Waals surface area contributed by atoms with Gasteiger partial charge in [-0.3, -0.25) is 4.68 Å². The molecule has 0 bridgehead atoms. The minimum Gasteiger partial charge on any atom is -0.463 e. The van der Waals surface area contributed by atoms with Crippen LogP contribution in [-0.4, -0.2) is 30.8 Å². The van der Waals surface area contributed by atoms with Gasteiger partial charge in [0.25, 0.3) is 0 Å². The number of halogens is 2. The Bertz CT molecular complexity index is 1220. The molecule has 0 unspecified atom stereocenters. The zero-order chi connectivity index (χ0) is 21.5. The van der Waals surface area contributed by atoms with Crippen LogP contribution in [0.2, 0.25) is 0 Å². The molecule has 2 aromatic heterocycles. The highest BCUT2D eigenvalue weighted by Gasteiger charge is 2.18. The van der Waals surface area contributed by atoms with Crippen LogP contribution in [0.15, 0.2) is 45.3 Å². The van der Waals surface area contributed by atoms with Crippen molar-refractivity contribution in [1.29, 1.82) is 0 Å². The van der Waals surface area contributed by atoms with Crippen molar-refractivity contribution in [1.82, 2.24) is 19.6 Å². The van der Waals surface area contributed by atoms with Crippen molar-refractivity contribution in [3.63, 3.8) is 0 Å². The van der Waals surface area contributed by atoms with Crippen LogP contribution in [0.3, 0.4) is 0 Å². The molecule has 0 atom stereocenters. The second-order valence-electron chi connectivity index (χ2n) is 7.77. The molecule has 0 radical (unpaired) electrons. The van der Waals surface area contributed by atoms with E-state index in [9.17, 15) is 4.79 Å². The SMILES string of the molecule is Cc1nn(C(=O)O)c2ccc(Br)cc12.Cc1nn(C(C)(C)C)c2ccc(Br)cc12. The fourth-order valence-electron chi connectivity index (χ4n) is 3.14. The number of carbonyl (C=O) groups is 1. The molecule has 8 heteroatoms. The van der Waals surface area contributed by atoms with Crippen molar-refractivity contribution in [2.24, 2.45) is 0 Å². The van der Waals surface area contributed by atoms with Crippen LogP contribution >= 0.6 is 31.9 Å². The Morgan fingerprint density at radius 2 is 1.38 bits per heavy atom. The number of fused-ring (bicyclic) bond motifs is 2. The molecule has 0 aliphatic rings. The van der Waals surface area contributed by atoms with E-state index in [1.165, 1.54) is 10.9 Å². The van der Waals surface area contributed by atoms with E-state index in [-0.39, 0.29) is 5.54 Å². The molecule has 2 heterocycles. The van der Waals surface area contributed by atoms with Crippen LogP contribution in [0.4, 0.5) is 4.79 Å². The minimum absolute atomic E-state index is 0.0281. The Labute approximate surface area is 185 Å². The van der Waals surface area contributed by atoms with Crippen LogP contribution in [0.1, 0.15) is 32.2 Å². The number of hydrogen-bond donors (Lipinski definition) is 1. The smallest absolute Gasteiger partial charge is 0.432 e. The molecule has 152 valence electrons. The predicted octanol–water partition coefficient (Wildman–Crippen LogP) is 6.50. The van der Waals surface area contributed by atoms with Crippen molar-refractivity contribution in [2.45, 2.75) is 40.2 Å². The molecule has 0 amide bonds.